The molecule has 0 fully saturated rings. The Bertz CT molecular complexity index is 355. The standard InChI is InChI=1S/C12H16FNO2/c1-2-16-12(15)8-11(14)7-9-4-3-5-10(13)6-9/h3-6,11H,2,7-8,14H2,1H3. The van der Waals surface area contributed by atoms with Crippen LogP contribution >= 0.6 is 0 Å². The highest BCUT2D eigenvalue weighted by Crippen LogP contribution is 2.07. The van der Waals surface area contributed by atoms with Gasteiger partial charge in [0, 0.05) is 6.04 Å². The molecule has 0 radical (unpaired) electrons. The Hall–Kier alpha value is -1.42. The van der Waals surface area contributed by atoms with Crippen molar-refractivity contribution in [3.05, 3.63) is 35.6 Å². The highest BCUT2D eigenvalue weighted by molar-refractivity contribution is 5.70. The summed E-state index contributed by atoms with van der Waals surface area (Å²) in [5, 5.41) is 0. The van der Waals surface area contributed by atoms with E-state index < -0.39 is 0 Å². The molecule has 0 amide bonds. The van der Waals surface area contributed by atoms with Crippen LogP contribution in [0.5, 0.6) is 0 Å². The third-order valence-electron chi connectivity index (χ3n) is 2.12. The third-order valence-corrected chi connectivity index (χ3v) is 2.12. The van der Waals surface area contributed by atoms with Gasteiger partial charge in [0.25, 0.3) is 0 Å². The number of ether oxygens (including phenoxy) is 1. The number of halogens is 1. The molecule has 1 unspecified atom stereocenters. The number of carbonyl (C=O) groups excluding carboxylic acids is 1. The summed E-state index contributed by atoms with van der Waals surface area (Å²) in [5.74, 6) is -0.604. The van der Waals surface area contributed by atoms with Crippen molar-refractivity contribution in [3.8, 4) is 0 Å². The van der Waals surface area contributed by atoms with Crippen molar-refractivity contribution in [2.24, 2.45) is 5.73 Å². The summed E-state index contributed by atoms with van der Waals surface area (Å²) in [6.45, 7) is 2.10. The number of esters is 1. The molecule has 0 saturated carbocycles. The molecular weight excluding hydrogens is 209 g/mol. The molecule has 4 heteroatoms. The molecule has 0 aromatic heterocycles. The minimum Gasteiger partial charge on any atom is -0.466 e. The van der Waals surface area contributed by atoms with E-state index in [4.69, 9.17) is 10.5 Å². The quantitative estimate of drug-likeness (QED) is 0.775. The van der Waals surface area contributed by atoms with Gasteiger partial charge in [-0.25, -0.2) is 4.39 Å². The molecule has 1 aromatic rings. The summed E-state index contributed by atoms with van der Waals surface area (Å²) in [7, 11) is 0. The maximum absolute atomic E-state index is 12.9. The second-order valence-corrected chi connectivity index (χ2v) is 3.60. The first-order valence-electron chi connectivity index (χ1n) is 5.27. The largest absolute Gasteiger partial charge is 0.466 e. The second-order valence-electron chi connectivity index (χ2n) is 3.60. The minimum absolute atomic E-state index is 0.157. The molecule has 3 nitrogen and oxygen atoms in total. The lowest BCUT2D eigenvalue weighted by atomic mass is 10.0. The molecule has 16 heavy (non-hydrogen) atoms. The molecule has 1 atom stereocenters. The Labute approximate surface area is 94.4 Å². The van der Waals surface area contributed by atoms with Crippen LogP contribution in [-0.2, 0) is 16.0 Å². The molecule has 1 aromatic carbocycles. The molecule has 1 rings (SSSR count). The fourth-order valence-corrected chi connectivity index (χ4v) is 1.47. The molecule has 2 N–H and O–H groups in total. The lowest BCUT2D eigenvalue weighted by Crippen LogP contribution is -2.27. The first-order chi connectivity index (χ1) is 7.61. The molecule has 88 valence electrons. The number of hydrogen-bond acceptors (Lipinski definition) is 3. The van der Waals surface area contributed by atoms with Gasteiger partial charge in [-0.15, -0.1) is 0 Å². The zero-order chi connectivity index (χ0) is 12.0. The van der Waals surface area contributed by atoms with Gasteiger partial charge in [-0.05, 0) is 31.0 Å². The highest BCUT2D eigenvalue weighted by Gasteiger charge is 2.11. The second kappa shape index (κ2) is 6.23. The van der Waals surface area contributed by atoms with Gasteiger partial charge in [-0.3, -0.25) is 4.79 Å². The summed E-state index contributed by atoms with van der Waals surface area (Å²) in [5.41, 5.74) is 6.55. The van der Waals surface area contributed by atoms with Crippen molar-refractivity contribution in [3.63, 3.8) is 0 Å². The van der Waals surface area contributed by atoms with Gasteiger partial charge in [-0.1, -0.05) is 12.1 Å². The predicted octanol–water partition coefficient (Wildman–Crippen LogP) is 1.65. The average molecular weight is 225 g/mol. The van der Waals surface area contributed by atoms with Crippen molar-refractivity contribution < 1.29 is 13.9 Å². The zero-order valence-electron chi connectivity index (χ0n) is 9.28. The Kier molecular flexibility index (Phi) is 4.92. The Morgan fingerprint density at radius 3 is 2.94 bits per heavy atom. The van der Waals surface area contributed by atoms with Gasteiger partial charge in [0.1, 0.15) is 5.82 Å². The van der Waals surface area contributed by atoms with E-state index in [1.165, 1.54) is 12.1 Å². The van der Waals surface area contributed by atoms with E-state index in [2.05, 4.69) is 0 Å². The van der Waals surface area contributed by atoms with Gasteiger partial charge in [0.05, 0.1) is 13.0 Å². The maximum Gasteiger partial charge on any atom is 0.307 e. The first kappa shape index (κ1) is 12.6. The van der Waals surface area contributed by atoms with Gasteiger partial charge in [0.2, 0.25) is 0 Å². The van der Waals surface area contributed by atoms with E-state index >= 15 is 0 Å². The number of hydrogen-bond donors (Lipinski definition) is 1. The van der Waals surface area contributed by atoms with Crippen molar-refractivity contribution in [1.29, 1.82) is 0 Å². The van der Waals surface area contributed by atoms with E-state index in [0.717, 1.165) is 5.56 Å². The Balaban J connectivity index is 2.45. The molecule has 0 aliphatic rings. The maximum atomic E-state index is 12.9. The van der Waals surface area contributed by atoms with E-state index in [9.17, 15) is 9.18 Å². The topological polar surface area (TPSA) is 52.3 Å². The van der Waals surface area contributed by atoms with Crippen LogP contribution in [0.15, 0.2) is 24.3 Å². The lowest BCUT2D eigenvalue weighted by molar-refractivity contribution is -0.143. The molecule has 0 spiro atoms. The molecular formula is C12H16FNO2. The molecule has 0 aliphatic heterocycles. The fourth-order valence-electron chi connectivity index (χ4n) is 1.47. The smallest absolute Gasteiger partial charge is 0.307 e. The van der Waals surface area contributed by atoms with Crippen LogP contribution in [0.25, 0.3) is 0 Å². The van der Waals surface area contributed by atoms with Gasteiger partial charge in [0.15, 0.2) is 0 Å². The van der Waals surface area contributed by atoms with Gasteiger partial charge >= 0.3 is 5.97 Å². The predicted molar refractivity (Wildman–Crippen MR) is 59.3 cm³/mol. The van der Waals surface area contributed by atoms with Crippen molar-refractivity contribution in [2.75, 3.05) is 6.61 Å². The number of benzene rings is 1. The Morgan fingerprint density at radius 1 is 1.56 bits per heavy atom. The van der Waals surface area contributed by atoms with Crippen LogP contribution in [0.1, 0.15) is 18.9 Å². The van der Waals surface area contributed by atoms with Crippen molar-refractivity contribution in [1.82, 2.24) is 0 Å². The number of nitrogens with two attached hydrogens (primary N) is 1. The average Bonchev–Trinajstić information content (AvgIpc) is 2.17. The first-order valence-corrected chi connectivity index (χ1v) is 5.27. The SMILES string of the molecule is CCOC(=O)CC(N)Cc1cccc(F)c1. The van der Waals surface area contributed by atoms with Crippen LogP contribution in [-0.4, -0.2) is 18.6 Å². The van der Waals surface area contributed by atoms with Crippen LogP contribution in [0.2, 0.25) is 0 Å². The zero-order valence-corrected chi connectivity index (χ0v) is 9.28. The summed E-state index contributed by atoms with van der Waals surface area (Å²) < 4.78 is 17.6. The lowest BCUT2D eigenvalue weighted by Gasteiger charge is -2.10. The fraction of sp³-hybridized carbons (Fsp3) is 0.417. The molecule has 0 aliphatic carbocycles. The summed E-state index contributed by atoms with van der Waals surface area (Å²) >= 11 is 0. The normalized spacial score (nSPS) is 12.2. The van der Waals surface area contributed by atoms with Crippen LogP contribution < -0.4 is 5.73 Å². The summed E-state index contributed by atoms with van der Waals surface area (Å²) in [6.07, 6.45) is 0.626. The van der Waals surface area contributed by atoms with Gasteiger partial charge in [-0.2, -0.15) is 0 Å². The number of rotatable bonds is 5. The molecule has 0 heterocycles. The van der Waals surface area contributed by atoms with E-state index in [-0.39, 0.29) is 24.2 Å². The van der Waals surface area contributed by atoms with Gasteiger partial charge < -0.3 is 10.5 Å². The van der Waals surface area contributed by atoms with E-state index in [1.807, 2.05) is 0 Å². The molecule has 0 bridgehead atoms. The Morgan fingerprint density at radius 2 is 2.31 bits per heavy atom. The minimum atomic E-state index is -0.333. The van der Waals surface area contributed by atoms with Crippen molar-refractivity contribution in [2.45, 2.75) is 25.8 Å². The third kappa shape index (κ3) is 4.40. The van der Waals surface area contributed by atoms with Crippen molar-refractivity contribution >= 4 is 5.97 Å². The van der Waals surface area contributed by atoms with Crippen LogP contribution in [0, 0.1) is 5.82 Å². The highest BCUT2D eigenvalue weighted by atomic mass is 19.1. The summed E-state index contributed by atoms with van der Waals surface area (Å²) in [6, 6.07) is 5.88. The van der Waals surface area contributed by atoms with E-state index in [0.29, 0.717) is 13.0 Å². The summed E-state index contributed by atoms with van der Waals surface area (Å²) in [4.78, 5) is 11.1. The van der Waals surface area contributed by atoms with Crippen LogP contribution in [0.3, 0.4) is 0 Å². The molecule has 0 saturated heterocycles. The van der Waals surface area contributed by atoms with Crippen LogP contribution in [0.4, 0.5) is 4.39 Å². The number of carbonyl (C=O) groups is 1. The van der Waals surface area contributed by atoms with E-state index in [1.54, 1.807) is 19.1 Å². The monoisotopic (exact) mass is 225 g/mol.